The Kier molecular flexibility index (Phi) is 1.37. The lowest BCUT2D eigenvalue weighted by Gasteiger charge is -2.27. The van der Waals surface area contributed by atoms with E-state index in [0.717, 1.165) is 18.7 Å². The molecule has 0 aromatic carbocycles. The van der Waals surface area contributed by atoms with Crippen molar-refractivity contribution in [2.24, 2.45) is 0 Å². The molecule has 0 amide bonds. The van der Waals surface area contributed by atoms with E-state index in [1.807, 2.05) is 22.8 Å². The van der Waals surface area contributed by atoms with Gasteiger partial charge in [0.1, 0.15) is 0 Å². The van der Waals surface area contributed by atoms with Crippen LogP contribution in [0.15, 0.2) is 24.5 Å². The standard InChI is InChI=1S/C9H10N4/c1-3-11-9-2-4-12-13(9)8(1)7-5-10-6-7/h1-4,7,10H,5-6H2. The van der Waals surface area contributed by atoms with Gasteiger partial charge in [-0.25, -0.2) is 9.50 Å². The Labute approximate surface area is 75.6 Å². The van der Waals surface area contributed by atoms with Crippen molar-refractivity contribution in [2.75, 3.05) is 13.1 Å². The molecule has 0 aliphatic carbocycles. The molecule has 1 fully saturated rings. The molecular weight excluding hydrogens is 164 g/mol. The molecule has 4 nitrogen and oxygen atoms in total. The zero-order valence-corrected chi connectivity index (χ0v) is 7.14. The highest BCUT2D eigenvalue weighted by molar-refractivity contribution is 5.37. The van der Waals surface area contributed by atoms with Crippen LogP contribution >= 0.6 is 0 Å². The molecule has 0 unspecified atom stereocenters. The molecule has 66 valence electrons. The third-order valence-electron chi connectivity index (χ3n) is 2.52. The van der Waals surface area contributed by atoms with Gasteiger partial charge in [-0.15, -0.1) is 0 Å². The highest BCUT2D eigenvalue weighted by atomic mass is 15.3. The molecule has 0 atom stereocenters. The van der Waals surface area contributed by atoms with E-state index in [1.165, 1.54) is 5.69 Å². The van der Waals surface area contributed by atoms with E-state index in [9.17, 15) is 0 Å². The molecular formula is C9H10N4. The van der Waals surface area contributed by atoms with Gasteiger partial charge in [-0.1, -0.05) is 0 Å². The van der Waals surface area contributed by atoms with E-state index in [4.69, 9.17) is 0 Å². The van der Waals surface area contributed by atoms with Crippen molar-refractivity contribution in [3.63, 3.8) is 0 Å². The molecule has 13 heavy (non-hydrogen) atoms. The first kappa shape index (κ1) is 7.03. The Morgan fingerprint density at radius 1 is 1.31 bits per heavy atom. The van der Waals surface area contributed by atoms with Crippen LogP contribution in [0.3, 0.4) is 0 Å². The Morgan fingerprint density at radius 2 is 2.23 bits per heavy atom. The van der Waals surface area contributed by atoms with Gasteiger partial charge < -0.3 is 5.32 Å². The maximum atomic E-state index is 4.25. The van der Waals surface area contributed by atoms with E-state index < -0.39 is 0 Å². The molecule has 1 saturated heterocycles. The van der Waals surface area contributed by atoms with Crippen LogP contribution < -0.4 is 5.32 Å². The van der Waals surface area contributed by atoms with Gasteiger partial charge in [0, 0.05) is 31.3 Å². The lowest BCUT2D eigenvalue weighted by atomic mass is 9.99. The molecule has 0 spiro atoms. The van der Waals surface area contributed by atoms with Crippen molar-refractivity contribution in [3.05, 3.63) is 30.2 Å². The molecule has 2 aromatic rings. The summed E-state index contributed by atoms with van der Waals surface area (Å²) in [6.45, 7) is 2.11. The predicted octanol–water partition coefficient (Wildman–Crippen LogP) is 0.416. The zero-order valence-electron chi connectivity index (χ0n) is 7.14. The van der Waals surface area contributed by atoms with Crippen molar-refractivity contribution in [3.8, 4) is 0 Å². The van der Waals surface area contributed by atoms with Crippen LogP contribution in [0.5, 0.6) is 0 Å². The zero-order chi connectivity index (χ0) is 8.67. The highest BCUT2D eigenvalue weighted by Gasteiger charge is 2.21. The van der Waals surface area contributed by atoms with Gasteiger partial charge in [0.15, 0.2) is 5.65 Å². The number of aromatic nitrogens is 3. The number of nitrogens with zero attached hydrogens (tertiary/aromatic N) is 3. The van der Waals surface area contributed by atoms with Crippen LogP contribution in [-0.4, -0.2) is 27.7 Å². The van der Waals surface area contributed by atoms with Gasteiger partial charge in [-0.3, -0.25) is 0 Å². The fourth-order valence-electron chi connectivity index (χ4n) is 1.66. The summed E-state index contributed by atoms with van der Waals surface area (Å²) in [5.41, 5.74) is 2.19. The van der Waals surface area contributed by atoms with Gasteiger partial charge in [0.25, 0.3) is 0 Å². The number of hydrogen-bond donors (Lipinski definition) is 1. The molecule has 0 saturated carbocycles. The van der Waals surface area contributed by atoms with E-state index in [2.05, 4.69) is 15.4 Å². The van der Waals surface area contributed by atoms with Gasteiger partial charge in [0.2, 0.25) is 0 Å². The first-order chi connectivity index (χ1) is 6.45. The molecule has 2 aromatic heterocycles. The largest absolute Gasteiger partial charge is 0.315 e. The maximum Gasteiger partial charge on any atom is 0.155 e. The topological polar surface area (TPSA) is 42.2 Å². The molecule has 4 heteroatoms. The Morgan fingerprint density at radius 3 is 3.00 bits per heavy atom. The number of hydrogen-bond acceptors (Lipinski definition) is 3. The van der Waals surface area contributed by atoms with Crippen molar-refractivity contribution >= 4 is 5.65 Å². The van der Waals surface area contributed by atoms with E-state index in [1.54, 1.807) is 6.20 Å². The number of nitrogens with one attached hydrogen (secondary N) is 1. The lowest BCUT2D eigenvalue weighted by molar-refractivity contribution is 0.432. The molecule has 0 radical (unpaired) electrons. The molecule has 1 N–H and O–H groups in total. The van der Waals surface area contributed by atoms with Crippen molar-refractivity contribution < 1.29 is 0 Å². The Balaban J connectivity index is 2.20. The van der Waals surface area contributed by atoms with Crippen LogP contribution in [0, 0.1) is 0 Å². The summed E-state index contributed by atoms with van der Waals surface area (Å²) in [4.78, 5) is 4.22. The molecule has 1 aliphatic heterocycles. The summed E-state index contributed by atoms with van der Waals surface area (Å²) in [6, 6.07) is 3.97. The summed E-state index contributed by atoms with van der Waals surface area (Å²) >= 11 is 0. The van der Waals surface area contributed by atoms with Crippen LogP contribution in [0.1, 0.15) is 11.6 Å². The summed E-state index contributed by atoms with van der Waals surface area (Å²) in [7, 11) is 0. The first-order valence-corrected chi connectivity index (χ1v) is 4.44. The van der Waals surface area contributed by atoms with Crippen LogP contribution in [0.2, 0.25) is 0 Å². The van der Waals surface area contributed by atoms with Gasteiger partial charge in [-0.05, 0) is 6.07 Å². The minimum Gasteiger partial charge on any atom is -0.315 e. The van der Waals surface area contributed by atoms with Gasteiger partial charge in [-0.2, -0.15) is 5.10 Å². The van der Waals surface area contributed by atoms with Crippen molar-refractivity contribution in [1.29, 1.82) is 0 Å². The van der Waals surface area contributed by atoms with Crippen LogP contribution in [0.4, 0.5) is 0 Å². The van der Waals surface area contributed by atoms with Crippen molar-refractivity contribution in [2.45, 2.75) is 5.92 Å². The molecule has 3 rings (SSSR count). The maximum absolute atomic E-state index is 4.25. The average molecular weight is 174 g/mol. The quantitative estimate of drug-likeness (QED) is 0.681. The predicted molar refractivity (Wildman–Crippen MR) is 48.6 cm³/mol. The highest BCUT2D eigenvalue weighted by Crippen LogP contribution is 2.19. The van der Waals surface area contributed by atoms with E-state index >= 15 is 0 Å². The van der Waals surface area contributed by atoms with E-state index in [-0.39, 0.29) is 0 Å². The molecule has 0 bridgehead atoms. The van der Waals surface area contributed by atoms with Crippen LogP contribution in [-0.2, 0) is 0 Å². The average Bonchev–Trinajstić information content (AvgIpc) is 2.49. The third-order valence-corrected chi connectivity index (χ3v) is 2.52. The summed E-state index contributed by atoms with van der Waals surface area (Å²) < 4.78 is 1.92. The van der Waals surface area contributed by atoms with Gasteiger partial charge >= 0.3 is 0 Å². The van der Waals surface area contributed by atoms with Crippen molar-refractivity contribution in [1.82, 2.24) is 19.9 Å². The second-order valence-corrected chi connectivity index (χ2v) is 3.33. The molecule has 3 heterocycles. The minimum atomic E-state index is 0.602. The van der Waals surface area contributed by atoms with E-state index in [0.29, 0.717) is 5.92 Å². The number of rotatable bonds is 1. The normalized spacial score (nSPS) is 17.5. The third kappa shape index (κ3) is 0.954. The van der Waals surface area contributed by atoms with Gasteiger partial charge in [0.05, 0.1) is 11.9 Å². The smallest absolute Gasteiger partial charge is 0.155 e. The number of fused-ring (bicyclic) bond motifs is 1. The summed E-state index contributed by atoms with van der Waals surface area (Å²) in [5.74, 6) is 0.602. The second kappa shape index (κ2) is 2.53. The Hall–Kier alpha value is -1.42. The first-order valence-electron chi connectivity index (χ1n) is 4.44. The Bertz CT molecular complexity index is 430. The fraction of sp³-hybridized carbons (Fsp3) is 0.333. The minimum absolute atomic E-state index is 0.602. The fourth-order valence-corrected chi connectivity index (χ4v) is 1.66. The lowest BCUT2D eigenvalue weighted by Crippen LogP contribution is -2.40. The SMILES string of the molecule is c1cc(C2CNC2)n2nccc2n1. The monoisotopic (exact) mass is 174 g/mol. The summed E-state index contributed by atoms with van der Waals surface area (Å²) in [5, 5.41) is 7.50. The molecule has 1 aliphatic rings. The second-order valence-electron chi connectivity index (χ2n) is 3.33. The summed E-state index contributed by atoms with van der Waals surface area (Å²) in [6.07, 6.45) is 3.64. The van der Waals surface area contributed by atoms with Crippen LogP contribution in [0.25, 0.3) is 5.65 Å².